The highest BCUT2D eigenvalue weighted by atomic mass is 19.1. The van der Waals surface area contributed by atoms with E-state index >= 15 is 0 Å². The van der Waals surface area contributed by atoms with Gasteiger partial charge in [0.2, 0.25) is 5.91 Å². The molecule has 0 radical (unpaired) electrons. The molecule has 244 valence electrons. The highest BCUT2D eigenvalue weighted by Gasteiger charge is 2.35. The number of benzene rings is 3. The van der Waals surface area contributed by atoms with Crippen molar-refractivity contribution in [3.8, 4) is 5.75 Å². The number of allylic oxidation sites excluding steroid dienone is 5. The molecule has 2 atom stereocenters. The van der Waals surface area contributed by atoms with Crippen molar-refractivity contribution in [1.82, 2.24) is 10.2 Å². The van der Waals surface area contributed by atoms with Crippen LogP contribution in [-0.4, -0.2) is 37.6 Å². The van der Waals surface area contributed by atoms with Crippen molar-refractivity contribution in [2.24, 2.45) is 0 Å². The average Bonchev–Trinajstić information content (AvgIpc) is 3.07. The minimum absolute atomic E-state index is 0.0242. The Balaban J connectivity index is 1.48. The normalized spacial score (nSPS) is 16.5. The van der Waals surface area contributed by atoms with Crippen molar-refractivity contribution in [3.05, 3.63) is 137 Å². The predicted molar refractivity (Wildman–Crippen MR) is 189 cm³/mol. The van der Waals surface area contributed by atoms with E-state index in [9.17, 15) is 9.18 Å². The topological polar surface area (TPSA) is 41.6 Å². The third-order valence-corrected chi connectivity index (χ3v) is 9.55. The maximum absolute atomic E-state index is 13.2. The van der Waals surface area contributed by atoms with Crippen molar-refractivity contribution >= 4 is 5.91 Å². The molecule has 0 fully saturated rings. The summed E-state index contributed by atoms with van der Waals surface area (Å²) in [4.78, 5) is 15.3. The van der Waals surface area contributed by atoms with Crippen LogP contribution >= 0.6 is 0 Å². The fraction of sp³-hybridized carbons (Fsp3) is 0.390. The standard InChI is InChI=1S/C41H51FN2O2/c1-6-13-35(14-7-2)41(36-15-9-8-10-16-36,24-11-26-43-40(45)22-19-33-17-20-37(42)21-18-33)25-12-27-44-28-23-34-29-31(3)39(46-5)30-38(34)32(44)4/h6-10,13-18,20-21,29-30,32H,1,11-12,19,22-28H2,2-5H3,(H,43,45)/b14-7-,35-13+. The summed E-state index contributed by atoms with van der Waals surface area (Å²) < 4.78 is 18.9. The van der Waals surface area contributed by atoms with Crippen molar-refractivity contribution in [2.75, 3.05) is 26.7 Å². The van der Waals surface area contributed by atoms with Crippen LogP contribution in [0.25, 0.3) is 0 Å². The average molecular weight is 623 g/mol. The van der Waals surface area contributed by atoms with Crippen LogP contribution in [0.15, 0.2) is 103 Å². The predicted octanol–water partition coefficient (Wildman–Crippen LogP) is 9.00. The second-order valence-corrected chi connectivity index (χ2v) is 12.5. The molecule has 1 N–H and O–H groups in total. The SMILES string of the molecule is C=C/C=C(\C=C/C)C(CCCNC(=O)CCc1ccc(F)cc1)(CCCN1CCc2cc(C)c(OC)cc2C1C)c1ccccc1. The van der Waals surface area contributed by atoms with E-state index in [-0.39, 0.29) is 17.1 Å². The van der Waals surface area contributed by atoms with Gasteiger partial charge in [-0.1, -0.05) is 79.4 Å². The van der Waals surface area contributed by atoms with Crippen LogP contribution in [-0.2, 0) is 23.1 Å². The molecule has 4 nitrogen and oxygen atoms in total. The van der Waals surface area contributed by atoms with E-state index in [2.05, 4.69) is 98.3 Å². The molecule has 0 aliphatic carbocycles. The number of carbonyl (C=O) groups is 1. The molecule has 0 bridgehead atoms. The van der Waals surface area contributed by atoms with Gasteiger partial charge in [-0.3, -0.25) is 9.69 Å². The Bertz CT molecular complexity index is 1490. The Kier molecular flexibility index (Phi) is 13.0. The summed E-state index contributed by atoms with van der Waals surface area (Å²) >= 11 is 0. The molecule has 3 aromatic rings. The molecule has 0 saturated heterocycles. The summed E-state index contributed by atoms with van der Waals surface area (Å²) in [5, 5.41) is 3.14. The summed E-state index contributed by atoms with van der Waals surface area (Å²) in [7, 11) is 1.75. The number of fused-ring (bicyclic) bond motifs is 1. The first-order chi connectivity index (χ1) is 22.3. The number of hydrogen-bond acceptors (Lipinski definition) is 3. The van der Waals surface area contributed by atoms with Crippen molar-refractivity contribution < 1.29 is 13.9 Å². The van der Waals surface area contributed by atoms with Crippen LogP contribution in [0.3, 0.4) is 0 Å². The second kappa shape index (κ2) is 17.1. The third kappa shape index (κ3) is 8.85. The number of nitrogens with one attached hydrogen (secondary N) is 1. The van der Waals surface area contributed by atoms with Gasteiger partial charge in [0.05, 0.1) is 7.11 Å². The van der Waals surface area contributed by atoms with Crippen molar-refractivity contribution in [2.45, 2.75) is 77.2 Å². The van der Waals surface area contributed by atoms with Crippen LogP contribution in [0, 0.1) is 12.7 Å². The molecule has 0 saturated carbocycles. The van der Waals surface area contributed by atoms with Gasteiger partial charge >= 0.3 is 0 Å². The quantitative estimate of drug-likeness (QED) is 0.128. The lowest BCUT2D eigenvalue weighted by Gasteiger charge is -2.39. The zero-order valence-corrected chi connectivity index (χ0v) is 28.2. The molecule has 1 aliphatic rings. The molecule has 46 heavy (non-hydrogen) atoms. The maximum atomic E-state index is 13.2. The Morgan fingerprint density at radius 3 is 2.54 bits per heavy atom. The number of aryl methyl sites for hydroxylation is 2. The van der Waals surface area contributed by atoms with E-state index in [1.807, 2.05) is 6.08 Å². The van der Waals surface area contributed by atoms with E-state index in [0.29, 0.717) is 25.4 Å². The molecule has 0 aromatic heterocycles. The summed E-state index contributed by atoms with van der Waals surface area (Å²) in [6.45, 7) is 13.2. The Morgan fingerprint density at radius 1 is 1.11 bits per heavy atom. The highest BCUT2D eigenvalue weighted by Crippen LogP contribution is 2.43. The number of amides is 1. The number of methoxy groups -OCH3 is 1. The second-order valence-electron chi connectivity index (χ2n) is 12.5. The maximum Gasteiger partial charge on any atom is 0.220 e. The monoisotopic (exact) mass is 622 g/mol. The summed E-state index contributed by atoms with van der Waals surface area (Å²) in [6.07, 6.45) is 14.2. The zero-order chi connectivity index (χ0) is 32.9. The number of rotatable bonds is 16. The third-order valence-electron chi connectivity index (χ3n) is 9.55. The van der Waals surface area contributed by atoms with E-state index in [0.717, 1.165) is 56.5 Å². The first-order valence-corrected chi connectivity index (χ1v) is 16.7. The number of ether oxygens (including phenoxy) is 1. The van der Waals surface area contributed by atoms with Gasteiger partial charge < -0.3 is 10.1 Å². The lowest BCUT2D eigenvalue weighted by atomic mass is 9.67. The Labute approximate surface area is 276 Å². The number of carbonyl (C=O) groups excluding carboxylic acids is 1. The van der Waals surface area contributed by atoms with E-state index in [4.69, 9.17) is 4.74 Å². The minimum Gasteiger partial charge on any atom is -0.496 e. The van der Waals surface area contributed by atoms with Gasteiger partial charge in [-0.15, -0.1) is 0 Å². The number of nitrogens with zero attached hydrogens (tertiary/aromatic N) is 1. The molecule has 2 unspecified atom stereocenters. The molecule has 0 spiro atoms. The van der Waals surface area contributed by atoms with Crippen LogP contribution in [0.1, 0.15) is 79.8 Å². The molecule has 1 aliphatic heterocycles. The number of halogens is 1. The lowest BCUT2D eigenvalue weighted by Crippen LogP contribution is -2.36. The summed E-state index contributed by atoms with van der Waals surface area (Å²) in [5.74, 6) is 0.726. The molecule has 3 aromatic carbocycles. The largest absolute Gasteiger partial charge is 0.496 e. The zero-order valence-electron chi connectivity index (χ0n) is 28.2. The lowest BCUT2D eigenvalue weighted by molar-refractivity contribution is -0.121. The molecule has 4 rings (SSSR count). The Morgan fingerprint density at radius 2 is 1.85 bits per heavy atom. The van der Waals surface area contributed by atoms with Crippen LogP contribution < -0.4 is 10.1 Å². The van der Waals surface area contributed by atoms with Gasteiger partial charge in [0, 0.05) is 31.0 Å². The van der Waals surface area contributed by atoms with Crippen molar-refractivity contribution in [3.63, 3.8) is 0 Å². The van der Waals surface area contributed by atoms with E-state index in [1.165, 1.54) is 40.0 Å². The molecule has 1 amide bonds. The smallest absolute Gasteiger partial charge is 0.220 e. The first-order valence-electron chi connectivity index (χ1n) is 16.7. The van der Waals surface area contributed by atoms with Gasteiger partial charge in [-0.05, 0) is 117 Å². The fourth-order valence-electron chi connectivity index (χ4n) is 7.06. The van der Waals surface area contributed by atoms with Gasteiger partial charge in [-0.2, -0.15) is 0 Å². The van der Waals surface area contributed by atoms with E-state index in [1.54, 1.807) is 19.2 Å². The molecule has 5 heteroatoms. The molecular formula is C41H51FN2O2. The van der Waals surface area contributed by atoms with Gasteiger partial charge in [0.25, 0.3) is 0 Å². The van der Waals surface area contributed by atoms with Gasteiger partial charge in [0.15, 0.2) is 0 Å². The summed E-state index contributed by atoms with van der Waals surface area (Å²) in [5.41, 5.74) is 7.29. The Hall–Kier alpha value is -3.96. The van der Waals surface area contributed by atoms with E-state index < -0.39 is 0 Å². The summed E-state index contributed by atoms with van der Waals surface area (Å²) in [6, 6.07) is 22.1. The van der Waals surface area contributed by atoms with Crippen LogP contribution in [0.5, 0.6) is 5.75 Å². The van der Waals surface area contributed by atoms with Crippen LogP contribution in [0.2, 0.25) is 0 Å². The van der Waals surface area contributed by atoms with Gasteiger partial charge in [-0.25, -0.2) is 4.39 Å². The minimum atomic E-state index is -0.260. The van der Waals surface area contributed by atoms with Crippen molar-refractivity contribution in [1.29, 1.82) is 0 Å². The highest BCUT2D eigenvalue weighted by molar-refractivity contribution is 5.76. The van der Waals surface area contributed by atoms with Crippen LogP contribution in [0.4, 0.5) is 4.39 Å². The number of hydrogen-bond donors (Lipinski definition) is 1. The first kappa shape index (κ1) is 34.9. The van der Waals surface area contributed by atoms with Gasteiger partial charge in [0.1, 0.15) is 11.6 Å². The molecule has 1 heterocycles. The fourth-order valence-corrected chi connectivity index (χ4v) is 7.06. The molecular weight excluding hydrogens is 571 g/mol.